The molecule has 1 aromatic heterocycles. The number of hydrogen-bond acceptors (Lipinski definition) is 2. The lowest BCUT2D eigenvalue weighted by atomic mass is 10.1. The van der Waals surface area contributed by atoms with E-state index in [0.29, 0.717) is 11.1 Å². The topological polar surface area (TPSA) is 25.8 Å². The maximum atomic E-state index is 13.2. The van der Waals surface area contributed by atoms with Crippen molar-refractivity contribution in [2.45, 2.75) is 25.7 Å². The molecule has 1 aliphatic rings. The Hall–Kier alpha value is -1.19. The lowest BCUT2D eigenvalue weighted by molar-refractivity contribution is 0.628. The quantitative estimate of drug-likeness (QED) is 0.746. The van der Waals surface area contributed by atoms with Gasteiger partial charge in [-0.05, 0) is 38.0 Å². The molecule has 0 atom stereocenters. The Bertz CT molecular complexity index is 654. The van der Waals surface area contributed by atoms with Gasteiger partial charge in [0, 0.05) is 17.0 Å². The largest absolute Gasteiger partial charge is 0.232 e. The third kappa shape index (κ3) is 2.45. The summed E-state index contributed by atoms with van der Waals surface area (Å²) >= 11 is 12.0. The predicted molar refractivity (Wildman–Crippen MR) is 74.2 cm³/mol. The van der Waals surface area contributed by atoms with Crippen molar-refractivity contribution in [2.24, 2.45) is 0 Å². The molecule has 98 valence electrons. The van der Waals surface area contributed by atoms with Gasteiger partial charge in [-0.15, -0.1) is 0 Å². The van der Waals surface area contributed by atoms with E-state index in [1.54, 1.807) is 12.1 Å². The summed E-state index contributed by atoms with van der Waals surface area (Å²) in [7, 11) is 0. The second-order valence-electron chi connectivity index (χ2n) is 4.75. The van der Waals surface area contributed by atoms with Crippen LogP contribution in [-0.4, -0.2) is 9.97 Å². The Kier molecular flexibility index (Phi) is 3.19. The van der Waals surface area contributed by atoms with Crippen LogP contribution in [0.1, 0.15) is 30.1 Å². The highest BCUT2D eigenvalue weighted by Gasteiger charge is 2.28. The van der Waals surface area contributed by atoms with Gasteiger partial charge < -0.3 is 0 Å². The molecule has 0 bridgehead atoms. The van der Waals surface area contributed by atoms with Crippen LogP contribution in [0.2, 0.25) is 10.2 Å². The minimum atomic E-state index is -0.439. The Morgan fingerprint density at radius 2 is 1.95 bits per heavy atom. The average molecular weight is 297 g/mol. The minimum Gasteiger partial charge on any atom is -0.232 e. The minimum absolute atomic E-state index is 0.0830. The van der Waals surface area contributed by atoms with Gasteiger partial charge in [0.05, 0.1) is 10.7 Å². The molecule has 0 amide bonds. The molecule has 0 N–H and O–H groups in total. The molecule has 0 radical (unpaired) electrons. The first-order chi connectivity index (χ1) is 9.06. The number of rotatable bonds is 2. The highest BCUT2D eigenvalue weighted by Crippen LogP contribution is 2.40. The normalized spacial score (nSPS) is 14.7. The second kappa shape index (κ2) is 4.73. The molecule has 1 aromatic carbocycles. The van der Waals surface area contributed by atoms with Gasteiger partial charge in [-0.25, -0.2) is 14.4 Å². The molecule has 0 saturated heterocycles. The first-order valence-corrected chi connectivity index (χ1v) is 6.81. The van der Waals surface area contributed by atoms with Gasteiger partial charge in [0.1, 0.15) is 16.8 Å². The van der Waals surface area contributed by atoms with E-state index in [1.807, 2.05) is 6.92 Å². The monoisotopic (exact) mass is 296 g/mol. The number of halogens is 3. The fourth-order valence-electron chi connectivity index (χ4n) is 1.95. The second-order valence-corrected chi connectivity index (χ2v) is 5.51. The summed E-state index contributed by atoms with van der Waals surface area (Å²) in [6.07, 6.45) is 2.20. The van der Waals surface area contributed by atoms with Crippen LogP contribution in [0.5, 0.6) is 0 Å². The van der Waals surface area contributed by atoms with Crippen molar-refractivity contribution in [1.29, 1.82) is 0 Å². The molecule has 1 fully saturated rings. The first-order valence-electron chi connectivity index (χ1n) is 6.05. The van der Waals surface area contributed by atoms with Gasteiger partial charge in [-0.2, -0.15) is 0 Å². The van der Waals surface area contributed by atoms with Gasteiger partial charge in [0.15, 0.2) is 0 Å². The van der Waals surface area contributed by atoms with Crippen molar-refractivity contribution in [3.63, 3.8) is 0 Å². The Labute approximate surface area is 120 Å². The Morgan fingerprint density at radius 3 is 2.58 bits per heavy atom. The van der Waals surface area contributed by atoms with Gasteiger partial charge in [-0.1, -0.05) is 23.2 Å². The Morgan fingerprint density at radius 1 is 1.21 bits per heavy atom. The van der Waals surface area contributed by atoms with Crippen LogP contribution in [0.4, 0.5) is 4.39 Å². The molecular formula is C14H11Cl2FN2. The number of benzene rings is 1. The summed E-state index contributed by atoms with van der Waals surface area (Å²) in [6.45, 7) is 1.85. The van der Waals surface area contributed by atoms with Crippen LogP contribution in [0, 0.1) is 12.7 Å². The van der Waals surface area contributed by atoms with E-state index in [4.69, 9.17) is 23.2 Å². The van der Waals surface area contributed by atoms with E-state index in [9.17, 15) is 4.39 Å². The number of aromatic nitrogens is 2. The zero-order valence-corrected chi connectivity index (χ0v) is 11.8. The van der Waals surface area contributed by atoms with E-state index in [2.05, 4.69) is 9.97 Å². The third-order valence-electron chi connectivity index (χ3n) is 3.24. The van der Waals surface area contributed by atoms with Gasteiger partial charge in [-0.3, -0.25) is 0 Å². The maximum Gasteiger partial charge on any atom is 0.141 e. The van der Waals surface area contributed by atoms with Gasteiger partial charge in [0.2, 0.25) is 0 Å². The summed E-state index contributed by atoms with van der Waals surface area (Å²) in [5, 5.41) is 0.534. The summed E-state index contributed by atoms with van der Waals surface area (Å²) in [5.41, 5.74) is 2.27. The first kappa shape index (κ1) is 12.8. The van der Waals surface area contributed by atoms with Crippen molar-refractivity contribution in [2.75, 3.05) is 0 Å². The molecule has 2 aromatic rings. The van der Waals surface area contributed by atoms with E-state index in [-0.39, 0.29) is 5.02 Å². The highest BCUT2D eigenvalue weighted by atomic mass is 35.5. The van der Waals surface area contributed by atoms with Gasteiger partial charge >= 0.3 is 0 Å². The highest BCUT2D eigenvalue weighted by molar-refractivity contribution is 6.31. The molecule has 0 spiro atoms. The molecule has 0 aliphatic heterocycles. The van der Waals surface area contributed by atoms with Crippen LogP contribution in [0.15, 0.2) is 18.2 Å². The summed E-state index contributed by atoms with van der Waals surface area (Å²) in [4.78, 5) is 8.87. The molecular weight excluding hydrogens is 286 g/mol. The van der Waals surface area contributed by atoms with Crippen LogP contribution < -0.4 is 0 Å². The van der Waals surface area contributed by atoms with Crippen molar-refractivity contribution in [3.05, 3.63) is 45.6 Å². The molecule has 1 saturated carbocycles. The zero-order chi connectivity index (χ0) is 13.6. The van der Waals surface area contributed by atoms with E-state index in [0.717, 1.165) is 35.5 Å². The molecule has 0 unspecified atom stereocenters. The SMILES string of the molecule is Cc1c(Cl)nc(C2CC2)nc1-c1ccc(F)c(Cl)c1. The van der Waals surface area contributed by atoms with Crippen LogP contribution in [0.3, 0.4) is 0 Å². The van der Waals surface area contributed by atoms with Crippen molar-refractivity contribution < 1.29 is 4.39 Å². The lowest BCUT2D eigenvalue weighted by Crippen LogP contribution is -1.99. The van der Waals surface area contributed by atoms with E-state index >= 15 is 0 Å². The fourth-order valence-corrected chi connectivity index (χ4v) is 2.31. The van der Waals surface area contributed by atoms with E-state index in [1.165, 1.54) is 6.07 Å². The summed E-state index contributed by atoms with van der Waals surface area (Å²) in [6, 6.07) is 4.56. The van der Waals surface area contributed by atoms with Crippen LogP contribution in [-0.2, 0) is 0 Å². The lowest BCUT2D eigenvalue weighted by Gasteiger charge is -2.09. The molecule has 1 heterocycles. The van der Waals surface area contributed by atoms with Crippen LogP contribution >= 0.6 is 23.2 Å². The molecule has 5 heteroatoms. The van der Waals surface area contributed by atoms with Gasteiger partial charge in [0.25, 0.3) is 0 Å². The number of nitrogens with zero attached hydrogens (tertiary/aromatic N) is 2. The Balaban J connectivity index is 2.14. The fraction of sp³-hybridized carbons (Fsp3) is 0.286. The molecule has 3 rings (SSSR count). The summed E-state index contributed by atoms with van der Waals surface area (Å²) in [5.74, 6) is 0.740. The zero-order valence-electron chi connectivity index (χ0n) is 10.3. The van der Waals surface area contributed by atoms with Crippen molar-refractivity contribution in [3.8, 4) is 11.3 Å². The van der Waals surface area contributed by atoms with Crippen molar-refractivity contribution >= 4 is 23.2 Å². The standard InChI is InChI=1S/C14H11Cl2FN2/c1-7-12(9-4-5-11(17)10(15)6-9)18-14(8-2-3-8)19-13(7)16/h4-6,8H,2-3H2,1H3. The smallest absolute Gasteiger partial charge is 0.141 e. The molecule has 1 aliphatic carbocycles. The van der Waals surface area contributed by atoms with Crippen molar-refractivity contribution in [1.82, 2.24) is 9.97 Å². The summed E-state index contributed by atoms with van der Waals surface area (Å²) < 4.78 is 13.2. The number of hydrogen-bond donors (Lipinski definition) is 0. The predicted octanol–water partition coefficient (Wildman–Crippen LogP) is 4.78. The molecule has 2 nitrogen and oxygen atoms in total. The maximum absolute atomic E-state index is 13.2. The van der Waals surface area contributed by atoms with Crippen LogP contribution in [0.25, 0.3) is 11.3 Å². The molecule has 19 heavy (non-hydrogen) atoms. The van der Waals surface area contributed by atoms with E-state index < -0.39 is 5.82 Å². The average Bonchev–Trinajstić information content (AvgIpc) is 3.20. The third-order valence-corrected chi connectivity index (χ3v) is 3.90.